The Morgan fingerprint density at radius 1 is 1.11 bits per heavy atom. The van der Waals surface area contributed by atoms with Gasteiger partial charge in [-0.05, 0) is 41.8 Å². The van der Waals surface area contributed by atoms with Gasteiger partial charge in [-0.25, -0.2) is 0 Å². The molecule has 1 N–H and O–H groups in total. The maximum absolute atomic E-state index is 6.07. The molecule has 98 valence electrons. The molecule has 3 heteroatoms. The predicted molar refractivity (Wildman–Crippen MR) is 77.6 cm³/mol. The second kappa shape index (κ2) is 5.64. The number of benzene rings is 2. The minimum Gasteiger partial charge on any atom is -0.487 e. The first-order chi connectivity index (χ1) is 9.33. The molecule has 3 rings (SSSR count). The molecule has 0 atom stereocenters. The summed E-state index contributed by atoms with van der Waals surface area (Å²) in [6.45, 7) is 2.59. The van der Waals surface area contributed by atoms with Crippen LogP contribution in [-0.4, -0.2) is 6.54 Å². The van der Waals surface area contributed by atoms with Gasteiger partial charge in [0.2, 0.25) is 0 Å². The number of para-hydroxylation sites is 1. The van der Waals surface area contributed by atoms with E-state index in [4.69, 9.17) is 16.3 Å². The molecule has 0 fully saturated rings. The monoisotopic (exact) mass is 273 g/mol. The smallest absolute Gasteiger partial charge is 0.138 e. The Morgan fingerprint density at radius 3 is 2.89 bits per heavy atom. The fourth-order valence-electron chi connectivity index (χ4n) is 2.34. The molecule has 2 aromatic rings. The maximum Gasteiger partial charge on any atom is 0.138 e. The lowest BCUT2D eigenvalue weighted by atomic mass is 9.99. The number of fused-ring (bicyclic) bond motifs is 1. The molecule has 0 spiro atoms. The number of nitrogens with one attached hydrogen (secondary N) is 1. The average Bonchev–Trinajstić information content (AvgIpc) is 2.46. The van der Waals surface area contributed by atoms with E-state index >= 15 is 0 Å². The van der Waals surface area contributed by atoms with Gasteiger partial charge >= 0.3 is 0 Å². The van der Waals surface area contributed by atoms with Crippen LogP contribution < -0.4 is 10.1 Å². The summed E-state index contributed by atoms with van der Waals surface area (Å²) in [5.74, 6) is 0.739. The van der Waals surface area contributed by atoms with Crippen molar-refractivity contribution in [2.24, 2.45) is 0 Å². The summed E-state index contributed by atoms with van der Waals surface area (Å²) in [5, 5.41) is 4.03. The highest BCUT2D eigenvalue weighted by Crippen LogP contribution is 2.24. The topological polar surface area (TPSA) is 21.3 Å². The zero-order chi connectivity index (χ0) is 13.1. The standard InChI is InChI=1S/C16H16ClNO/c17-15-3-1-2-4-16(15)19-11-12-5-6-14-10-18-8-7-13(14)9-12/h1-6,9,18H,7-8,10-11H2. The van der Waals surface area contributed by atoms with Gasteiger partial charge in [0.25, 0.3) is 0 Å². The van der Waals surface area contributed by atoms with E-state index in [2.05, 4.69) is 23.5 Å². The van der Waals surface area contributed by atoms with Gasteiger partial charge < -0.3 is 10.1 Å². The Hall–Kier alpha value is -1.51. The van der Waals surface area contributed by atoms with Gasteiger partial charge in [-0.2, -0.15) is 0 Å². The van der Waals surface area contributed by atoms with E-state index in [0.717, 1.165) is 25.3 Å². The van der Waals surface area contributed by atoms with Crippen LogP contribution in [0, 0.1) is 0 Å². The lowest BCUT2D eigenvalue weighted by Crippen LogP contribution is -2.23. The molecule has 0 unspecified atom stereocenters. The molecule has 1 aliphatic rings. The van der Waals surface area contributed by atoms with Crippen LogP contribution >= 0.6 is 11.6 Å². The number of ether oxygens (including phenoxy) is 1. The molecule has 0 aliphatic carbocycles. The lowest BCUT2D eigenvalue weighted by molar-refractivity contribution is 0.306. The molecular formula is C16H16ClNO. The molecule has 0 saturated carbocycles. The Morgan fingerprint density at radius 2 is 2.00 bits per heavy atom. The minimum atomic E-state index is 0.560. The fourth-order valence-corrected chi connectivity index (χ4v) is 2.53. The van der Waals surface area contributed by atoms with Crippen LogP contribution in [0.2, 0.25) is 5.02 Å². The molecule has 1 aliphatic heterocycles. The average molecular weight is 274 g/mol. The number of halogens is 1. The molecule has 0 saturated heterocycles. The molecule has 19 heavy (non-hydrogen) atoms. The fraction of sp³-hybridized carbons (Fsp3) is 0.250. The predicted octanol–water partition coefficient (Wildman–Crippen LogP) is 3.56. The zero-order valence-electron chi connectivity index (χ0n) is 10.7. The van der Waals surface area contributed by atoms with Crippen LogP contribution in [0.15, 0.2) is 42.5 Å². The highest BCUT2D eigenvalue weighted by molar-refractivity contribution is 6.32. The summed E-state index contributed by atoms with van der Waals surface area (Å²) in [6, 6.07) is 14.1. The Kier molecular flexibility index (Phi) is 3.72. The van der Waals surface area contributed by atoms with Crippen LogP contribution in [0.25, 0.3) is 0 Å². The number of hydrogen-bond donors (Lipinski definition) is 1. The van der Waals surface area contributed by atoms with E-state index in [9.17, 15) is 0 Å². The van der Waals surface area contributed by atoms with Crippen molar-refractivity contribution >= 4 is 11.6 Å². The minimum absolute atomic E-state index is 0.560. The molecule has 2 aromatic carbocycles. The first-order valence-electron chi connectivity index (χ1n) is 6.51. The van der Waals surface area contributed by atoms with Crippen molar-refractivity contribution in [2.75, 3.05) is 6.54 Å². The molecule has 0 aromatic heterocycles. The van der Waals surface area contributed by atoms with E-state index in [1.165, 1.54) is 16.7 Å². The Balaban J connectivity index is 1.72. The summed E-state index contributed by atoms with van der Waals surface area (Å²) in [4.78, 5) is 0. The maximum atomic E-state index is 6.07. The molecule has 0 radical (unpaired) electrons. The van der Waals surface area contributed by atoms with Gasteiger partial charge in [0.1, 0.15) is 12.4 Å². The summed E-state index contributed by atoms with van der Waals surface area (Å²) in [5.41, 5.74) is 4.02. The van der Waals surface area contributed by atoms with Crippen molar-refractivity contribution in [1.29, 1.82) is 0 Å². The van der Waals surface area contributed by atoms with Gasteiger partial charge in [-0.15, -0.1) is 0 Å². The lowest BCUT2D eigenvalue weighted by Gasteiger charge is -2.18. The summed E-state index contributed by atoms with van der Waals surface area (Å²) >= 11 is 6.07. The molecule has 1 heterocycles. The zero-order valence-corrected chi connectivity index (χ0v) is 11.4. The molecule has 2 nitrogen and oxygen atoms in total. The third-order valence-corrected chi connectivity index (χ3v) is 3.70. The van der Waals surface area contributed by atoms with Crippen molar-refractivity contribution in [3.63, 3.8) is 0 Å². The van der Waals surface area contributed by atoms with Gasteiger partial charge in [-0.3, -0.25) is 0 Å². The van der Waals surface area contributed by atoms with Crippen molar-refractivity contribution in [3.05, 3.63) is 64.2 Å². The van der Waals surface area contributed by atoms with Crippen LogP contribution in [0.1, 0.15) is 16.7 Å². The largest absolute Gasteiger partial charge is 0.487 e. The van der Waals surface area contributed by atoms with Gasteiger partial charge in [0, 0.05) is 6.54 Å². The van der Waals surface area contributed by atoms with Gasteiger partial charge in [0.05, 0.1) is 5.02 Å². The van der Waals surface area contributed by atoms with Crippen LogP contribution in [0.4, 0.5) is 0 Å². The summed E-state index contributed by atoms with van der Waals surface area (Å²) in [6.07, 6.45) is 1.09. The Labute approximate surface area is 118 Å². The quantitative estimate of drug-likeness (QED) is 0.923. The van der Waals surface area contributed by atoms with Gasteiger partial charge in [-0.1, -0.05) is 41.9 Å². The van der Waals surface area contributed by atoms with Crippen LogP contribution in [-0.2, 0) is 19.6 Å². The SMILES string of the molecule is Clc1ccccc1OCc1ccc2c(c1)CCNC2. The second-order valence-corrected chi connectivity index (χ2v) is 5.16. The normalized spacial score (nSPS) is 13.9. The van der Waals surface area contributed by atoms with Crippen molar-refractivity contribution in [3.8, 4) is 5.75 Å². The van der Waals surface area contributed by atoms with Crippen LogP contribution in [0.3, 0.4) is 0 Å². The van der Waals surface area contributed by atoms with Crippen molar-refractivity contribution in [2.45, 2.75) is 19.6 Å². The molecule has 0 amide bonds. The molecule has 0 bridgehead atoms. The highest BCUT2D eigenvalue weighted by atomic mass is 35.5. The third-order valence-electron chi connectivity index (χ3n) is 3.39. The first-order valence-corrected chi connectivity index (χ1v) is 6.89. The number of rotatable bonds is 3. The van der Waals surface area contributed by atoms with E-state index in [-0.39, 0.29) is 0 Å². The van der Waals surface area contributed by atoms with E-state index in [0.29, 0.717) is 11.6 Å². The van der Waals surface area contributed by atoms with Gasteiger partial charge in [0.15, 0.2) is 0 Å². The summed E-state index contributed by atoms with van der Waals surface area (Å²) < 4.78 is 5.77. The number of hydrogen-bond acceptors (Lipinski definition) is 2. The Bertz CT molecular complexity index is 583. The van der Waals surface area contributed by atoms with E-state index < -0.39 is 0 Å². The van der Waals surface area contributed by atoms with Crippen molar-refractivity contribution < 1.29 is 4.74 Å². The van der Waals surface area contributed by atoms with E-state index in [1.54, 1.807) is 0 Å². The van der Waals surface area contributed by atoms with Crippen molar-refractivity contribution in [1.82, 2.24) is 5.32 Å². The van der Waals surface area contributed by atoms with Crippen LogP contribution in [0.5, 0.6) is 5.75 Å². The van der Waals surface area contributed by atoms with E-state index in [1.807, 2.05) is 24.3 Å². The first kappa shape index (κ1) is 12.5. The molecular weight excluding hydrogens is 258 g/mol. The summed E-state index contributed by atoms with van der Waals surface area (Å²) in [7, 11) is 0. The third kappa shape index (κ3) is 2.91. The highest BCUT2D eigenvalue weighted by Gasteiger charge is 2.09. The second-order valence-electron chi connectivity index (χ2n) is 4.75.